The van der Waals surface area contributed by atoms with Crippen molar-refractivity contribution in [2.24, 2.45) is 5.92 Å². The van der Waals surface area contributed by atoms with Gasteiger partial charge in [0.25, 0.3) is 0 Å². The molecule has 0 bridgehead atoms. The number of pyridine rings is 1. The van der Waals surface area contributed by atoms with Crippen LogP contribution < -0.4 is 0 Å². The van der Waals surface area contributed by atoms with Crippen molar-refractivity contribution in [1.29, 1.82) is 0 Å². The molecule has 2 aliphatic rings. The second kappa shape index (κ2) is 13.7. The Bertz CT molecular complexity index is 810. The van der Waals surface area contributed by atoms with Crippen LogP contribution >= 0.6 is 0 Å². The molecular weight excluding hydrogens is 404 g/mol. The highest BCUT2D eigenvalue weighted by Crippen LogP contribution is 2.33. The second-order valence-electron chi connectivity index (χ2n) is 9.46. The van der Waals surface area contributed by atoms with Gasteiger partial charge >= 0.3 is 0 Å². The highest BCUT2D eigenvalue weighted by Gasteiger charge is 2.28. The van der Waals surface area contributed by atoms with E-state index in [2.05, 4.69) is 80.4 Å². The summed E-state index contributed by atoms with van der Waals surface area (Å²) < 4.78 is 0. The van der Waals surface area contributed by atoms with Gasteiger partial charge in [0, 0.05) is 37.2 Å². The molecule has 184 valence electrons. The normalized spacial score (nSPS) is 21.8. The highest BCUT2D eigenvalue weighted by molar-refractivity contribution is 5.31. The number of fused-ring (bicyclic) bond motifs is 1. The van der Waals surface area contributed by atoms with Crippen LogP contribution in [0.5, 0.6) is 0 Å². The molecule has 1 fully saturated rings. The van der Waals surface area contributed by atoms with E-state index >= 15 is 0 Å². The molecule has 0 spiro atoms. The fourth-order valence-electron chi connectivity index (χ4n) is 5.32. The topological polar surface area (TPSA) is 22.6 Å². The molecular formula is C29H48N4. The fraction of sp³-hybridized carbons (Fsp3) is 0.621. The summed E-state index contributed by atoms with van der Waals surface area (Å²) in [7, 11) is 4.49. The van der Waals surface area contributed by atoms with E-state index in [-0.39, 0.29) is 0 Å². The molecule has 0 aromatic carbocycles. The molecule has 1 aliphatic heterocycles. The Labute approximate surface area is 204 Å². The summed E-state index contributed by atoms with van der Waals surface area (Å²) in [4.78, 5) is 12.2. The molecule has 1 aliphatic carbocycles. The molecule has 2 atom stereocenters. The molecule has 4 nitrogen and oxygen atoms in total. The van der Waals surface area contributed by atoms with Crippen molar-refractivity contribution in [1.82, 2.24) is 19.7 Å². The summed E-state index contributed by atoms with van der Waals surface area (Å²) in [6.07, 6.45) is 12.6. The SMILES string of the molecule is C=C(CN(C)C1CCCc2cccnc21)N(CC1CCCN(C)C1)C(=C/C)/C(C)=C\C.CC. The third-order valence-corrected chi connectivity index (χ3v) is 7.08. The standard InChI is InChI=1S/C27H42N4.C2H6/c1-7-21(3)25(8-2)31(20-23-12-11-17-29(5)19-23)22(4)18-30(6)26-15-9-13-24-14-10-16-28-27(24)26;1-2/h7-8,10,14,16,23,26H,4,9,11-13,15,17-20H2,1-3,5-6H3;1-2H3/b21-7-,25-8+;. The summed E-state index contributed by atoms with van der Waals surface area (Å²) in [5, 5.41) is 0. The maximum absolute atomic E-state index is 4.76. The van der Waals surface area contributed by atoms with E-state index in [1.54, 1.807) is 0 Å². The smallest absolute Gasteiger partial charge is 0.0607 e. The van der Waals surface area contributed by atoms with Gasteiger partial charge in [-0.3, -0.25) is 9.88 Å². The van der Waals surface area contributed by atoms with Crippen molar-refractivity contribution in [3.05, 3.63) is 65.3 Å². The average Bonchev–Trinajstić information content (AvgIpc) is 2.84. The molecule has 0 radical (unpaired) electrons. The van der Waals surface area contributed by atoms with Crippen molar-refractivity contribution < 1.29 is 0 Å². The van der Waals surface area contributed by atoms with Gasteiger partial charge in [-0.2, -0.15) is 0 Å². The number of allylic oxidation sites excluding steroid dienone is 3. The first kappa shape index (κ1) is 27.3. The van der Waals surface area contributed by atoms with Gasteiger partial charge < -0.3 is 9.80 Å². The van der Waals surface area contributed by atoms with E-state index in [0.29, 0.717) is 12.0 Å². The fourth-order valence-corrected chi connectivity index (χ4v) is 5.32. The first-order chi connectivity index (χ1) is 15.9. The zero-order valence-corrected chi connectivity index (χ0v) is 22.4. The average molecular weight is 453 g/mol. The van der Waals surface area contributed by atoms with Crippen molar-refractivity contribution in [2.45, 2.75) is 72.8 Å². The molecule has 2 unspecified atom stereocenters. The predicted molar refractivity (Wildman–Crippen MR) is 143 cm³/mol. The molecule has 0 amide bonds. The summed E-state index contributed by atoms with van der Waals surface area (Å²) in [6, 6.07) is 4.69. The Morgan fingerprint density at radius 3 is 2.64 bits per heavy atom. The van der Waals surface area contributed by atoms with Crippen LogP contribution in [0.4, 0.5) is 0 Å². The molecule has 2 heterocycles. The number of likely N-dealkylation sites (N-methyl/N-ethyl adjacent to an activating group) is 1. The van der Waals surface area contributed by atoms with Crippen LogP contribution in [-0.2, 0) is 6.42 Å². The van der Waals surface area contributed by atoms with E-state index in [4.69, 9.17) is 4.98 Å². The third kappa shape index (κ3) is 7.28. The Balaban J connectivity index is 0.00000187. The Hall–Kier alpha value is -1.91. The van der Waals surface area contributed by atoms with Crippen molar-refractivity contribution in [3.63, 3.8) is 0 Å². The zero-order valence-electron chi connectivity index (χ0n) is 22.4. The lowest BCUT2D eigenvalue weighted by Crippen LogP contribution is -2.41. The van der Waals surface area contributed by atoms with E-state index in [9.17, 15) is 0 Å². The minimum atomic E-state index is 0.376. The lowest BCUT2D eigenvalue weighted by Gasteiger charge is -2.39. The molecule has 0 N–H and O–H groups in total. The highest BCUT2D eigenvalue weighted by atomic mass is 15.2. The van der Waals surface area contributed by atoms with Crippen LogP contribution in [0.3, 0.4) is 0 Å². The van der Waals surface area contributed by atoms with Crippen molar-refractivity contribution in [2.75, 3.05) is 40.3 Å². The first-order valence-corrected chi connectivity index (χ1v) is 13.0. The molecule has 3 rings (SSSR count). The van der Waals surface area contributed by atoms with E-state index in [1.165, 1.54) is 67.0 Å². The Morgan fingerprint density at radius 1 is 1.21 bits per heavy atom. The molecule has 1 aromatic heterocycles. The number of aryl methyl sites for hydroxylation is 1. The summed E-state index contributed by atoms with van der Waals surface area (Å²) >= 11 is 0. The van der Waals surface area contributed by atoms with Gasteiger partial charge in [0.05, 0.1) is 11.7 Å². The lowest BCUT2D eigenvalue weighted by molar-refractivity contribution is 0.171. The molecule has 1 saturated heterocycles. The molecule has 0 saturated carbocycles. The first-order valence-electron chi connectivity index (χ1n) is 13.0. The number of hydrogen-bond acceptors (Lipinski definition) is 4. The van der Waals surface area contributed by atoms with Gasteiger partial charge in [-0.1, -0.05) is 38.6 Å². The van der Waals surface area contributed by atoms with Crippen LogP contribution in [0, 0.1) is 5.92 Å². The predicted octanol–water partition coefficient (Wildman–Crippen LogP) is 6.44. The summed E-state index contributed by atoms with van der Waals surface area (Å²) in [5.74, 6) is 0.678. The maximum atomic E-state index is 4.76. The Morgan fingerprint density at radius 2 is 1.97 bits per heavy atom. The van der Waals surface area contributed by atoms with Crippen LogP contribution in [0.15, 0.2) is 54.0 Å². The third-order valence-electron chi connectivity index (χ3n) is 7.08. The van der Waals surface area contributed by atoms with Gasteiger partial charge in [0.15, 0.2) is 0 Å². The Kier molecular flexibility index (Phi) is 11.4. The van der Waals surface area contributed by atoms with E-state index in [0.717, 1.165) is 19.5 Å². The largest absolute Gasteiger partial charge is 0.344 e. The lowest BCUT2D eigenvalue weighted by atomic mass is 9.91. The number of rotatable bonds is 8. The van der Waals surface area contributed by atoms with Gasteiger partial charge in [0.2, 0.25) is 0 Å². The second-order valence-corrected chi connectivity index (χ2v) is 9.46. The number of piperidine rings is 1. The van der Waals surface area contributed by atoms with Crippen LogP contribution in [0.25, 0.3) is 0 Å². The number of nitrogens with zero attached hydrogens (tertiary/aromatic N) is 4. The molecule has 1 aromatic rings. The number of aromatic nitrogens is 1. The molecule has 33 heavy (non-hydrogen) atoms. The summed E-state index contributed by atoms with van der Waals surface area (Å²) in [5.41, 5.74) is 6.49. The van der Waals surface area contributed by atoms with Gasteiger partial charge in [-0.05, 0) is 96.6 Å². The van der Waals surface area contributed by atoms with Crippen molar-refractivity contribution in [3.8, 4) is 0 Å². The quantitative estimate of drug-likeness (QED) is 0.423. The van der Waals surface area contributed by atoms with Gasteiger partial charge in [-0.15, -0.1) is 0 Å². The van der Waals surface area contributed by atoms with Crippen LogP contribution in [0.2, 0.25) is 0 Å². The minimum Gasteiger partial charge on any atom is -0.344 e. The number of likely N-dealkylation sites (tertiary alicyclic amines) is 1. The van der Waals surface area contributed by atoms with Gasteiger partial charge in [-0.25, -0.2) is 0 Å². The van der Waals surface area contributed by atoms with Crippen molar-refractivity contribution >= 4 is 0 Å². The van der Waals surface area contributed by atoms with E-state index < -0.39 is 0 Å². The van der Waals surface area contributed by atoms with Crippen LogP contribution in [0.1, 0.15) is 77.6 Å². The van der Waals surface area contributed by atoms with E-state index in [1.807, 2.05) is 20.0 Å². The minimum absolute atomic E-state index is 0.376. The van der Waals surface area contributed by atoms with Gasteiger partial charge in [0.1, 0.15) is 0 Å². The maximum Gasteiger partial charge on any atom is 0.0607 e. The molecule has 4 heteroatoms. The van der Waals surface area contributed by atoms with Crippen LogP contribution in [-0.4, -0.2) is 60.0 Å². The number of hydrogen-bond donors (Lipinski definition) is 0. The monoisotopic (exact) mass is 452 g/mol. The summed E-state index contributed by atoms with van der Waals surface area (Å²) in [6.45, 7) is 19.4. The zero-order chi connectivity index (χ0) is 24.4.